The highest BCUT2D eigenvalue weighted by Crippen LogP contribution is 2.31. The Morgan fingerprint density at radius 1 is 1.26 bits per heavy atom. The van der Waals surface area contributed by atoms with Crippen molar-refractivity contribution in [1.82, 2.24) is 39.9 Å². The first-order valence-corrected chi connectivity index (χ1v) is 14.2. The first-order valence-electron chi connectivity index (χ1n) is 14.2. The van der Waals surface area contributed by atoms with Crippen LogP contribution in [0.25, 0.3) is 22.3 Å². The first kappa shape index (κ1) is 30.4. The molecule has 2 atom stereocenters. The molecule has 1 fully saturated rings. The van der Waals surface area contributed by atoms with Gasteiger partial charge in [0.15, 0.2) is 0 Å². The lowest BCUT2D eigenvalue weighted by Gasteiger charge is -2.37. The fraction of sp³-hybridized carbons (Fsp3) is 0.483. The van der Waals surface area contributed by atoms with Gasteiger partial charge in [-0.05, 0) is 43.9 Å². The summed E-state index contributed by atoms with van der Waals surface area (Å²) in [5.41, 5.74) is 1.77. The average Bonchev–Trinajstić information content (AvgIpc) is 3.68. The summed E-state index contributed by atoms with van der Waals surface area (Å²) in [7, 11) is 0. The molecule has 0 aromatic carbocycles. The van der Waals surface area contributed by atoms with Crippen molar-refractivity contribution in [2.24, 2.45) is 0 Å². The molecule has 0 spiro atoms. The maximum absolute atomic E-state index is 13.5. The number of pyridine rings is 1. The highest BCUT2D eigenvalue weighted by Gasteiger charge is 2.34. The summed E-state index contributed by atoms with van der Waals surface area (Å²) in [6.45, 7) is 3.65. The highest BCUT2D eigenvalue weighted by atomic mass is 19.4. The largest absolute Gasteiger partial charge is 0.474 e. The van der Waals surface area contributed by atoms with Gasteiger partial charge in [0.25, 0.3) is 0 Å². The van der Waals surface area contributed by atoms with Crippen LogP contribution in [0.15, 0.2) is 43.1 Å². The Labute approximate surface area is 246 Å². The fourth-order valence-electron chi connectivity index (χ4n) is 5.28. The molecule has 228 valence electrons. The van der Waals surface area contributed by atoms with Crippen molar-refractivity contribution in [3.05, 3.63) is 54.4 Å². The number of hydrogen-bond acceptors (Lipinski definition) is 9. The number of likely N-dealkylation sites (tertiary alicyclic amines) is 1. The maximum Gasteiger partial charge on any atom is 0.433 e. The Hall–Kier alpha value is -4.06. The van der Waals surface area contributed by atoms with Crippen LogP contribution in [0.1, 0.15) is 43.9 Å². The first-order chi connectivity index (χ1) is 20.7. The lowest BCUT2D eigenvalue weighted by molar-refractivity contribution is -0.141. The molecule has 1 saturated heterocycles. The Bertz CT molecular complexity index is 1540. The third kappa shape index (κ3) is 7.67. The smallest absolute Gasteiger partial charge is 0.433 e. The van der Waals surface area contributed by atoms with E-state index in [-0.39, 0.29) is 37.2 Å². The molecule has 11 nitrogen and oxygen atoms in total. The van der Waals surface area contributed by atoms with Gasteiger partial charge in [0.2, 0.25) is 5.88 Å². The fourth-order valence-corrected chi connectivity index (χ4v) is 5.28. The topological polar surface area (TPSA) is 141 Å². The normalized spacial score (nSPS) is 16.3. The van der Waals surface area contributed by atoms with E-state index in [0.29, 0.717) is 50.9 Å². The minimum Gasteiger partial charge on any atom is -0.474 e. The van der Waals surface area contributed by atoms with Gasteiger partial charge in [0, 0.05) is 67.5 Å². The summed E-state index contributed by atoms with van der Waals surface area (Å²) in [5.74, 6) is -0.0620. The number of rotatable bonds is 12. The van der Waals surface area contributed by atoms with Crippen molar-refractivity contribution >= 4 is 11.0 Å². The van der Waals surface area contributed by atoms with Crippen LogP contribution in [0.4, 0.5) is 13.2 Å². The SMILES string of the molecule is C[C@@H](CO)NCc1cc(OC2CCN([C@@H](CCC#N)Cn3cc(-c4ncnc5[nH]ccc45)cn3)CC2)nc(C(F)(F)F)c1. The number of aliphatic hydroxyl groups is 1. The van der Waals surface area contributed by atoms with E-state index in [0.717, 1.165) is 28.4 Å². The van der Waals surface area contributed by atoms with Crippen molar-refractivity contribution in [3.8, 4) is 23.2 Å². The molecule has 0 unspecified atom stereocenters. The summed E-state index contributed by atoms with van der Waals surface area (Å²) in [5, 5.41) is 26.9. The van der Waals surface area contributed by atoms with Gasteiger partial charge in [-0.1, -0.05) is 0 Å². The second-order valence-corrected chi connectivity index (χ2v) is 10.8. The number of piperidine rings is 1. The molecule has 4 aromatic heterocycles. The van der Waals surface area contributed by atoms with Crippen molar-refractivity contribution in [3.63, 3.8) is 0 Å². The third-order valence-electron chi connectivity index (χ3n) is 7.61. The molecule has 1 aliphatic heterocycles. The highest BCUT2D eigenvalue weighted by molar-refractivity contribution is 5.89. The van der Waals surface area contributed by atoms with E-state index in [2.05, 4.69) is 41.3 Å². The lowest BCUT2D eigenvalue weighted by Crippen LogP contribution is -2.46. The van der Waals surface area contributed by atoms with Gasteiger partial charge in [-0.25, -0.2) is 15.0 Å². The molecule has 43 heavy (non-hydrogen) atoms. The molecule has 4 aromatic rings. The van der Waals surface area contributed by atoms with E-state index in [1.165, 1.54) is 12.4 Å². The van der Waals surface area contributed by atoms with Gasteiger partial charge < -0.3 is 20.1 Å². The molecular weight excluding hydrogens is 563 g/mol. The van der Waals surface area contributed by atoms with Gasteiger partial charge in [-0.3, -0.25) is 9.58 Å². The van der Waals surface area contributed by atoms with Crippen LogP contribution in [0, 0.1) is 11.3 Å². The molecule has 5 rings (SSSR count). The number of nitrogens with one attached hydrogen (secondary N) is 2. The molecule has 1 aliphatic rings. The van der Waals surface area contributed by atoms with E-state index in [1.807, 2.05) is 23.1 Å². The number of halogens is 3. The van der Waals surface area contributed by atoms with Crippen molar-refractivity contribution in [2.45, 2.75) is 70.1 Å². The van der Waals surface area contributed by atoms with Gasteiger partial charge in [0.05, 0.1) is 31.1 Å². The molecule has 0 aliphatic carbocycles. The minimum atomic E-state index is -4.61. The van der Waals surface area contributed by atoms with Gasteiger partial charge in [-0.2, -0.15) is 23.5 Å². The minimum absolute atomic E-state index is 0.0453. The van der Waals surface area contributed by atoms with Crippen molar-refractivity contribution in [1.29, 1.82) is 5.26 Å². The van der Waals surface area contributed by atoms with Crippen LogP contribution in [0.3, 0.4) is 0 Å². The van der Waals surface area contributed by atoms with Crippen LogP contribution in [-0.4, -0.2) is 77.6 Å². The molecular formula is C29H34F3N9O2. The van der Waals surface area contributed by atoms with E-state index < -0.39 is 11.9 Å². The summed E-state index contributed by atoms with van der Waals surface area (Å²) in [4.78, 5) is 17.8. The van der Waals surface area contributed by atoms with Crippen LogP contribution in [0.2, 0.25) is 0 Å². The number of hydrogen-bond donors (Lipinski definition) is 3. The van der Waals surface area contributed by atoms with Gasteiger partial charge in [0.1, 0.15) is 23.8 Å². The number of aromatic nitrogens is 6. The number of ether oxygens (including phenoxy) is 1. The monoisotopic (exact) mass is 597 g/mol. The van der Waals surface area contributed by atoms with Crippen LogP contribution < -0.4 is 10.1 Å². The summed E-state index contributed by atoms with van der Waals surface area (Å²) < 4.78 is 48.5. The molecule has 0 bridgehead atoms. The Morgan fingerprint density at radius 3 is 2.81 bits per heavy atom. The number of aromatic amines is 1. The molecule has 0 saturated carbocycles. The second kappa shape index (κ2) is 13.5. The molecule has 3 N–H and O–H groups in total. The van der Waals surface area contributed by atoms with Crippen molar-refractivity contribution in [2.75, 3.05) is 19.7 Å². The van der Waals surface area contributed by atoms with E-state index in [9.17, 15) is 23.5 Å². The van der Waals surface area contributed by atoms with Crippen molar-refractivity contribution < 1.29 is 23.0 Å². The Balaban J connectivity index is 1.23. The zero-order valence-corrected chi connectivity index (χ0v) is 23.8. The Morgan fingerprint density at radius 2 is 2.07 bits per heavy atom. The Kier molecular flexibility index (Phi) is 9.54. The quantitative estimate of drug-likeness (QED) is 0.222. The third-order valence-corrected chi connectivity index (χ3v) is 7.61. The van der Waals surface area contributed by atoms with E-state index in [1.54, 1.807) is 13.1 Å². The van der Waals surface area contributed by atoms with E-state index in [4.69, 9.17) is 4.74 Å². The lowest BCUT2D eigenvalue weighted by atomic mass is 10.0. The van der Waals surface area contributed by atoms with E-state index >= 15 is 0 Å². The number of nitrogens with zero attached hydrogens (tertiary/aromatic N) is 7. The number of nitriles is 1. The second-order valence-electron chi connectivity index (χ2n) is 10.8. The summed E-state index contributed by atoms with van der Waals surface area (Å²) in [6.07, 6.45) is 4.40. The number of fused-ring (bicyclic) bond motifs is 1. The summed E-state index contributed by atoms with van der Waals surface area (Å²) >= 11 is 0. The average molecular weight is 598 g/mol. The van der Waals surface area contributed by atoms with Gasteiger partial charge >= 0.3 is 6.18 Å². The van der Waals surface area contributed by atoms with Crippen LogP contribution in [-0.2, 0) is 19.3 Å². The van der Waals surface area contributed by atoms with Crippen LogP contribution >= 0.6 is 0 Å². The molecule has 5 heterocycles. The zero-order chi connectivity index (χ0) is 30.4. The summed E-state index contributed by atoms with van der Waals surface area (Å²) in [6, 6.07) is 6.46. The standard InChI is InChI=1S/C29H34F3N9O2/c1-19(17-42)35-13-20-11-25(29(30,31)32)39-26(12-20)43-23-5-9-40(10-6-23)22(3-2-7-33)16-41-15-21(14-38-41)27-24-4-8-34-28(24)37-18-36-27/h4,8,11-12,14-15,18-19,22-23,35,42H,2-3,5-6,9-10,13,16-17H2,1H3,(H,34,36,37)/t19-,22-/m0/s1. The number of H-pyrrole nitrogens is 1. The predicted octanol–water partition coefficient (Wildman–Crippen LogP) is 3.92. The molecule has 0 radical (unpaired) electrons. The van der Waals surface area contributed by atoms with Crippen LogP contribution in [0.5, 0.6) is 5.88 Å². The van der Waals surface area contributed by atoms with Gasteiger partial charge in [-0.15, -0.1) is 0 Å². The molecule has 14 heteroatoms. The molecule has 0 amide bonds. The predicted molar refractivity (Wildman–Crippen MR) is 152 cm³/mol. The number of aliphatic hydroxyl groups excluding tert-OH is 1. The zero-order valence-electron chi connectivity index (χ0n) is 23.8. The maximum atomic E-state index is 13.5. The number of alkyl halides is 3.